The van der Waals surface area contributed by atoms with E-state index in [1.807, 2.05) is 30.9 Å². The molecule has 0 saturated carbocycles. The molecule has 3 N–H and O–H groups in total. The number of aliphatic carboxylic acids is 1. The quantitative estimate of drug-likeness (QED) is 0.858. The maximum Gasteiger partial charge on any atom is 0.308 e. The zero-order chi connectivity index (χ0) is 14.2. The summed E-state index contributed by atoms with van der Waals surface area (Å²) in [5, 5.41) is 9.16. The molecule has 0 unspecified atom stereocenters. The van der Waals surface area contributed by atoms with Gasteiger partial charge in [0.05, 0.1) is 11.5 Å². The van der Waals surface area contributed by atoms with E-state index in [-0.39, 0.29) is 5.92 Å². The number of nitrogens with two attached hydrogens (primary N) is 1. The Balaban J connectivity index is 2.35. The fraction of sp³-hybridized carbons (Fsp3) is 0.429. The van der Waals surface area contributed by atoms with Gasteiger partial charge in [0.2, 0.25) is 0 Å². The monoisotopic (exact) mass is 262 g/mol. The van der Waals surface area contributed by atoms with E-state index in [2.05, 4.69) is 0 Å². The lowest BCUT2D eigenvalue weighted by Crippen LogP contribution is -2.26. The van der Waals surface area contributed by atoms with Gasteiger partial charge in [-0.25, -0.2) is 0 Å². The van der Waals surface area contributed by atoms with Crippen LogP contribution < -0.4 is 10.6 Å². The van der Waals surface area contributed by atoms with E-state index in [1.165, 1.54) is 0 Å². The van der Waals surface area contributed by atoms with Crippen LogP contribution in [0.4, 0.5) is 5.69 Å². The van der Waals surface area contributed by atoms with Gasteiger partial charge in [-0.05, 0) is 30.5 Å². The molecule has 1 fully saturated rings. The summed E-state index contributed by atoms with van der Waals surface area (Å²) in [7, 11) is 0. The van der Waals surface area contributed by atoms with Crippen LogP contribution in [-0.4, -0.2) is 30.1 Å². The minimum Gasteiger partial charge on any atom is -0.481 e. The number of hydrogen-bond donors (Lipinski definition) is 2. The Morgan fingerprint density at radius 1 is 1.37 bits per heavy atom. The first-order chi connectivity index (χ1) is 8.90. The minimum atomic E-state index is -0.789. The molecule has 5 heteroatoms. The van der Waals surface area contributed by atoms with E-state index in [0.717, 1.165) is 11.3 Å². The molecule has 5 nitrogen and oxygen atoms in total. The summed E-state index contributed by atoms with van der Waals surface area (Å²) in [5.74, 6) is -1.62. The second-order valence-corrected chi connectivity index (χ2v) is 5.21. The Kier molecular flexibility index (Phi) is 3.46. The topological polar surface area (TPSA) is 83.6 Å². The van der Waals surface area contributed by atoms with Crippen molar-refractivity contribution in [2.45, 2.75) is 13.8 Å². The lowest BCUT2D eigenvalue weighted by molar-refractivity contribution is -0.142. The van der Waals surface area contributed by atoms with Gasteiger partial charge in [-0.3, -0.25) is 9.59 Å². The van der Waals surface area contributed by atoms with Crippen LogP contribution in [0.25, 0.3) is 0 Å². The lowest BCUT2D eigenvalue weighted by Gasteiger charge is -2.21. The molecule has 0 aliphatic carbocycles. The predicted molar refractivity (Wildman–Crippen MR) is 72.2 cm³/mol. The number of benzene rings is 1. The first kappa shape index (κ1) is 13.4. The number of nitrogens with zero attached hydrogens (tertiary/aromatic N) is 1. The van der Waals surface area contributed by atoms with Gasteiger partial charge in [0.25, 0.3) is 5.91 Å². The fourth-order valence-corrected chi connectivity index (χ4v) is 2.60. The maximum absolute atomic E-state index is 11.5. The number of hydrogen-bond acceptors (Lipinski definition) is 3. The Morgan fingerprint density at radius 3 is 2.58 bits per heavy atom. The van der Waals surface area contributed by atoms with Gasteiger partial charge < -0.3 is 15.7 Å². The van der Waals surface area contributed by atoms with Gasteiger partial charge in [-0.2, -0.15) is 0 Å². The molecule has 1 amide bonds. The number of carbonyl (C=O) groups is 2. The molecule has 0 radical (unpaired) electrons. The van der Waals surface area contributed by atoms with Gasteiger partial charge in [-0.1, -0.05) is 13.0 Å². The first-order valence-electron chi connectivity index (χ1n) is 6.28. The van der Waals surface area contributed by atoms with Crippen LogP contribution in [0, 0.1) is 18.8 Å². The lowest BCUT2D eigenvalue weighted by atomic mass is 9.99. The van der Waals surface area contributed by atoms with Gasteiger partial charge in [-0.15, -0.1) is 0 Å². The zero-order valence-corrected chi connectivity index (χ0v) is 11.1. The molecule has 0 aromatic heterocycles. The van der Waals surface area contributed by atoms with Crippen LogP contribution in [0.2, 0.25) is 0 Å². The summed E-state index contributed by atoms with van der Waals surface area (Å²) in [6.07, 6.45) is 0. The molecule has 1 aliphatic rings. The number of aryl methyl sites for hydroxylation is 1. The number of primary amides is 1. The molecule has 1 aliphatic heterocycles. The summed E-state index contributed by atoms with van der Waals surface area (Å²) in [6.45, 7) is 4.89. The fourth-order valence-electron chi connectivity index (χ4n) is 2.60. The molecule has 2 atom stereocenters. The largest absolute Gasteiger partial charge is 0.481 e. The van der Waals surface area contributed by atoms with Crippen molar-refractivity contribution in [3.05, 3.63) is 29.3 Å². The minimum absolute atomic E-state index is 0.0544. The third-order valence-electron chi connectivity index (χ3n) is 3.69. The average molecular weight is 262 g/mol. The van der Waals surface area contributed by atoms with Crippen molar-refractivity contribution in [3.63, 3.8) is 0 Å². The van der Waals surface area contributed by atoms with Crippen molar-refractivity contribution < 1.29 is 14.7 Å². The van der Waals surface area contributed by atoms with Gasteiger partial charge >= 0.3 is 5.97 Å². The molecule has 1 heterocycles. The number of carbonyl (C=O) groups excluding carboxylic acids is 1. The van der Waals surface area contributed by atoms with Gasteiger partial charge in [0, 0.05) is 18.8 Å². The third-order valence-corrected chi connectivity index (χ3v) is 3.69. The van der Waals surface area contributed by atoms with E-state index in [1.54, 1.807) is 6.07 Å². The predicted octanol–water partition coefficient (Wildman–Crippen LogP) is 1.25. The molecule has 1 saturated heterocycles. The van der Waals surface area contributed by atoms with Crippen molar-refractivity contribution >= 4 is 17.6 Å². The summed E-state index contributed by atoms with van der Waals surface area (Å²) >= 11 is 0. The summed E-state index contributed by atoms with van der Waals surface area (Å²) in [6, 6.07) is 5.42. The molecule has 0 bridgehead atoms. The normalized spacial score (nSPS) is 22.5. The van der Waals surface area contributed by atoms with Crippen molar-refractivity contribution in [2.24, 2.45) is 17.6 Å². The van der Waals surface area contributed by atoms with Crippen LogP contribution in [-0.2, 0) is 4.79 Å². The van der Waals surface area contributed by atoms with E-state index in [9.17, 15) is 9.59 Å². The van der Waals surface area contributed by atoms with Crippen LogP contribution in [0.5, 0.6) is 0 Å². The zero-order valence-electron chi connectivity index (χ0n) is 11.1. The number of anilines is 1. The average Bonchev–Trinajstić information content (AvgIpc) is 2.70. The Hall–Kier alpha value is -2.04. The second kappa shape index (κ2) is 4.91. The van der Waals surface area contributed by atoms with E-state index >= 15 is 0 Å². The molecular formula is C14H18N2O3. The molecule has 102 valence electrons. The second-order valence-electron chi connectivity index (χ2n) is 5.21. The Morgan fingerprint density at radius 2 is 2.05 bits per heavy atom. The van der Waals surface area contributed by atoms with E-state index in [0.29, 0.717) is 18.7 Å². The van der Waals surface area contributed by atoms with Crippen molar-refractivity contribution in [1.29, 1.82) is 0 Å². The first-order valence-corrected chi connectivity index (χ1v) is 6.28. The van der Waals surface area contributed by atoms with E-state index < -0.39 is 17.8 Å². The molecule has 1 aromatic rings. The van der Waals surface area contributed by atoms with Crippen molar-refractivity contribution in [3.8, 4) is 0 Å². The number of carboxylic acid groups (broad SMARTS) is 1. The van der Waals surface area contributed by atoms with E-state index in [4.69, 9.17) is 10.8 Å². The van der Waals surface area contributed by atoms with Crippen LogP contribution >= 0.6 is 0 Å². The maximum atomic E-state index is 11.5. The molecule has 0 spiro atoms. The summed E-state index contributed by atoms with van der Waals surface area (Å²) < 4.78 is 0. The van der Waals surface area contributed by atoms with Crippen LogP contribution in [0.1, 0.15) is 22.8 Å². The standard InChI is InChI=1S/C14H18N2O3/c1-8-3-4-10(13(15)17)12(5-8)16-6-9(2)11(7-16)14(18)19/h3-5,9,11H,6-7H2,1-2H3,(H2,15,17)(H,18,19)/t9-,11-/m1/s1. The van der Waals surface area contributed by atoms with Crippen molar-refractivity contribution in [1.82, 2.24) is 0 Å². The van der Waals surface area contributed by atoms with Crippen molar-refractivity contribution in [2.75, 3.05) is 18.0 Å². The van der Waals surface area contributed by atoms with Crippen LogP contribution in [0.15, 0.2) is 18.2 Å². The Labute approximate surface area is 112 Å². The Bertz CT molecular complexity index is 527. The van der Waals surface area contributed by atoms with Gasteiger partial charge in [0.15, 0.2) is 0 Å². The number of rotatable bonds is 3. The SMILES string of the molecule is Cc1ccc(C(N)=O)c(N2C[C@@H](C)[C@H](C(=O)O)C2)c1. The summed E-state index contributed by atoms with van der Waals surface area (Å²) in [4.78, 5) is 24.6. The smallest absolute Gasteiger partial charge is 0.308 e. The molecule has 2 rings (SSSR count). The number of carboxylic acids is 1. The highest BCUT2D eigenvalue weighted by Gasteiger charge is 2.35. The molecule has 19 heavy (non-hydrogen) atoms. The molecule has 1 aromatic carbocycles. The molecular weight excluding hydrogens is 244 g/mol. The third kappa shape index (κ3) is 2.54. The number of amides is 1. The van der Waals surface area contributed by atoms with Gasteiger partial charge in [0.1, 0.15) is 0 Å². The highest BCUT2D eigenvalue weighted by atomic mass is 16.4. The summed E-state index contributed by atoms with van der Waals surface area (Å²) in [5.41, 5.74) is 7.59. The van der Waals surface area contributed by atoms with Crippen LogP contribution in [0.3, 0.4) is 0 Å². The highest BCUT2D eigenvalue weighted by Crippen LogP contribution is 2.31. The highest BCUT2D eigenvalue weighted by molar-refractivity contribution is 5.99.